The van der Waals surface area contributed by atoms with Gasteiger partial charge in [-0.15, -0.1) is 10.2 Å². The van der Waals surface area contributed by atoms with Crippen LogP contribution in [0, 0.1) is 0 Å². The predicted octanol–water partition coefficient (Wildman–Crippen LogP) is -0.553. The predicted molar refractivity (Wildman–Crippen MR) is 54.0 cm³/mol. The maximum atomic E-state index is 11.5. The van der Waals surface area contributed by atoms with Crippen molar-refractivity contribution in [2.75, 3.05) is 6.54 Å². The number of nitrogens with zero attached hydrogens (tertiary/aromatic N) is 3. The van der Waals surface area contributed by atoms with E-state index in [1.807, 2.05) is 0 Å². The van der Waals surface area contributed by atoms with E-state index in [4.69, 9.17) is 5.73 Å². The quantitative estimate of drug-likeness (QED) is 0.586. The summed E-state index contributed by atoms with van der Waals surface area (Å²) in [6.45, 7) is 2.51. The van der Waals surface area contributed by atoms with Crippen LogP contribution in [0.25, 0.3) is 0 Å². The Morgan fingerprint density at radius 2 is 2.47 bits per heavy atom. The fraction of sp³-hybridized carbons (Fsp3) is 0.750. The van der Waals surface area contributed by atoms with Gasteiger partial charge in [0.2, 0.25) is 0 Å². The van der Waals surface area contributed by atoms with Crippen molar-refractivity contribution in [2.24, 2.45) is 5.73 Å². The van der Waals surface area contributed by atoms with Crippen LogP contribution in [0.15, 0.2) is 0 Å². The van der Waals surface area contributed by atoms with Gasteiger partial charge in [0, 0.05) is 12.6 Å². The molecule has 0 bridgehead atoms. The molecule has 0 saturated carbocycles. The number of nitrogens with one attached hydrogen (secondary N) is 2. The summed E-state index contributed by atoms with van der Waals surface area (Å²) < 4.78 is 0. The van der Waals surface area contributed by atoms with Gasteiger partial charge in [-0.05, 0) is 11.6 Å². The molecule has 84 valence electrons. The van der Waals surface area contributed by atoms with E-state index in [9.17, 15) is 4.79 Å². The number of aromatic nitrogens is 4. The Bertz CT molecular complexity index is 285. The first-order valence-corrected chi connectivity index (χ1v) is 5.02. The molecule has 0 aliphatic rings. The van der Waals surface area contributed by atoms with Crippen molar-refractivity contribution in [3.8, 4) is 0 Å². The molecule has 0 radical (unpaired) electrons. The fourth-order valence-corrected chi connectivity index (χ4v) is 1.21. The largest absolute Gasteiger partial charge is 0.345 e. The van der Waals surface area contributed by atoms with Crippen LogP contribution < -0.4 is 11.1 Å². The van der Waals surface area contributed by atoms with E-state index in [-0.39, 0.29) is 17.8 Å². The van der Waals surface area contributed by atoms with Crippen molar-refractivity contribution in [2.45, 2.75) is 32.2 Å². The van der Waals surface area contributed by atoms with Gasteiger partial charge in [-0.2, -0.15) is 5.21 Å². The molecule has 0 saturated heterocycles. The van der Waals surface area contributed by atoms with E-state index in [1.54, 1.807) is 0 Å². The van der Waals surface area contributed by atoms with Gasteiger partial charge in [0.1, 0.15) is 0 Å². The van der Waals surface area contributed by atoms with E-state index >= 15 is 0 Å². The molecule has 1 unspecified atom stereocenters. The number of unbranched alkanes of at least 4 members (excludes halogenated alkanes) is 1. The number of rotatable bonds is 6. The Labute approximate surface area is 87.8 Å². The van der Waals surface area contributed by atoms with Gasteiger partial charge in [-0.3, -0.25) is 4.79 Å². The minimum absolute atomic E-state index is 0.0176. The van der Waals surface area contributed by atoms with Crippen molar-refractivity contribution in [1.82, 2.24) is 25.9 Å². The first-order valence-electron chi connectivity index (χ1n) is 5.02. The monoisotopic (exact) mass is 212 g/mol. The minimum Gasteiger partial charge on any atom is -0.345 e. The third-order valence-electron chi connectivity index (χ3n) is 2.07. The van der Waals surface area contributed by atoms with Gasteiger partial charge < -0.3 is 11.1 Å². The molecule has 7 nitrogen and oxygen atoms in total. The number of H-pyrrole nitrogens is 1. The number of amides is 1. The zero-order chi connectivity index (χ0) is 11.1. The highest BCUT2D eigenvalue weighted by Crippen LogP contribution is 1.99. The van der Waals surface area contributed by atoms with Crippen LogP contribution in [0.1, 0.15) is 36.8 Å². The highest BCUT2D eigenvalue weighted by Gasteiger charge is 2.15. The molecular formula is C8H16N6O. The Morgan fingerprint density at radius 1 is 1.67 bits per heavy atom. The molecule has 7 heteroatoms. The summed E-state index contributed by atoms with van der Waals surface area (Å²) >= 11 is 0. The van der Waals surface area contributed by atoms with Gasteiger partial charge in [0.05, 0.1) is 0 Å². The van der Waals surface area contributed by atoms with Crippen LogP contribution in [-0.2, 0) is 0 Å². The van der Waals surface area contributed by atoms with Crippen molar-refractivity contribution < 1.29 is 4.79 Å². The van der Waals surface area contributed by atoms with E-state index < -0.39 is 0 Å². The van der Waals surface area contributed by atoms with E-state index in [0.717, 1.165) is 19.3 Å². The lowest BCUT2D eigenvalue weighted by molar-refractivity contribution is 0.0925. The summed E-state index contributed by atoms with van der Waals surface area (Å²) in [5, 5.41) is 15.5. The van der Waals surface area contributed by atoms with Crippen molar-refractivity contribution in [1.29, 1.82) is 0 Å². The van der Waals surface area contributed by atoms with E-state index in [0.29, 0.717) is 6.54 Å². The SMILES string of the molecule is CCCCC(CN)NC(=O)c1nn[nH]n1. The average Bonchev–Trinajstić information content (AvgIpc) is 2.77. The number of tetrazole rings is 1. The van der Waals surface area contributed by atoms with Crippen LogP contribution in [0.2, 0.25) is 0 Å². The topological polar surface area (TPSA) is 110 Å². The van der Waals surface area contributed by atoms with Gasteiger partial charge >= 0.3 is 0 Å². The lowest BCUT2D eigenvalue weighted by atomic mass is 10.1. The molecule has 15 heavy (non-hydrogen) atoms. The average molecular weight is 212 g/mol. The smallest absolute Gasteiger partial charge is 0.293 e. The van der Waals surface area contributed by atoms with Crippen molar-refractivity contribution >= 4 is 5.91 Å². The Morgan fingerprint density at radius 3 is 3.00 bits per heavy atom. The number of carbonyl (C=O) groups excluding carboxylic acids is 1. The second-order valence-electron chi connectivity index (χ2n) is 3.28. The second kappa shape index (κ2) is 6.07. The first kappa shape index (κ1) is 11.6. The third kappa shape index (κ3) is 3.62. The lowest BCUT2D eigenvalue weighted by Crippen LogP contribution is -2.40. The maximum Gasteiger partial charge on any atom is 0.293 e. The van der Waals surface area contributed by atoms with Crippen LogP contribution >= 0.6 is 0 Å². The number of carbonyl (C=O) groups is 1. The third-order valence-corrected chi connectivity index (χ3v) is 2.07. The molecule has 0 aliphatic heterocycles. The Kier molecular flexibility index (Phi) is 4.69. The molecule has 0 spiro atoms. The highest BCUT2D eigenvalue weighted by atomic mass is 16.2. The summed E-state index contributed by atoms with van der Waals surface area (Å²) in [5.41, 5.74) is 5.54. The van der Waals surface area contributed by atoms with Crippen molar-refractivity contribution in [3.05, 3.63) is 5.82 Å². The molecule has 1 amide bonds. The zero-order valence-corrected chi connectivity index (χ0v) is 8.73. The van der Waals surface area contributed by atoms with E-state index in [1.165, 1.54) is 0 Å². The van der Waals surface area contributed by atoms with Gasteiger partial charge in [-0.25, -0.2) is 0 Å². The molecule has 0 aliphatic carbocycles. The molecule has 4 N–H and O–H groups in total. The lowest BCUT2D eigenvalue weighted by Gasteiger charge is -2.14. The number of hydrogen-bond acceptors (Lipinski definition) is 5. The minimum atomic E-state index is -0.338. The van der Waals surface area contributed by atoms with Crippen LogP contribution in [0.3, 0.4) is 0 Å². The maximum absolute atomic E-state index is 11.5. The molecule has 0 aromatic carbocycles. The van der Waals surface area contributed by atoms with Gasteiger partial charge in [0.25, 0.3) is 11.7 Å². The van der Waals surface area contributed by atoms with Crippen LogP contribution in [-0.4, -0.2) is 39.1 Å². The summed E-state index contributed by atoms with van der Waals surface area (Å²) in [4.78, 5) is 11.5. The number of hydrogen-bond donors (Lipinski definition) is 3. The first-order chi connectivity index (χ1) is 7.27. The number of aromatic amines is 1. The summed E-state index contributed by atoms with van der Waals surface area (Å²) in [6.07, 6.45) is 2.99. The molecule has 1 rings (SSSR count). The normalized spacial score (nSPS) is 12.4. The standard InChI is InChI=1S/C8H16N6O/c1-2-3-4-6(5-9)10-8(15)7-11-13-14-12-7/h6H,2-5,9H2,1H3,(H,10,15)(H,11,12,13,14). The summed E-state index contributed by atoms with van der Waals surface area (Å²) in [6, 6.07) is -0.0176. The van der Waals surface area contributed by atoms with Gasteiger partial charge in [-0.1, -0.05) is 19.8 Å². The molecule has 1 aromatic rings. The van der Waals surface area contributed by atoms with Crippen molar-refractivity contribution in [3.63, 3.8) is 0 Å². The van der Waals surface area contributed by atoms with Crippen LogP contribution in [0.5, 0.6) is 0 Å². The molecule has 1 heterocycles. The molecule has 0 fully saturated rings. The van der Waals surface area contributed by atoms with Crippen LogP contribution in [0.4, 0.5) is 0 Å². The molecular weight excluding hydrogens is 196 g/mol. The van der Waals surface area contributed by atoms with Gasteiger partial charge in [0.15, 0.2) is 0 Å². The zero-order valence-electron chi connectivity index (χ0n) is 8.73. The summed E-state index contributed by atoms with van der Waals surface area (Å²) in [5.74, 6) is -0.291. The summed E-state index contributed by atoms with van der Waals surface area (Å²) in [7, 11) is 0. The highest BCUT2D eigenvalue weighted by molar-refractivity contribution is 5.90. The molecule has 1 atom stereocenters. The number of nitrogens with two attached hydrogens (primary N) is 1. The van der Waals surface area contributed by atoms with E-state index in [2.05, 4.69) is 32.9 Å². The Balaban J connectivity index is 2.41. The second-order valence-corrected chi connectivity index (χ2v) is 3.28. The Hall–Kier alpha value is -1.50. The molecule has 1 aromatic heterocycles. The fourth-order valence-electron chi connectivity index (χ4n) is 1.21.